The van der Waals surface area contributed by atoms with Crippen molar-refractivity contribution >= 4 is 17.4 Å². The molecule has 2 rings (SSSR count). The van der Waals surface area contributed by atoms with Gasteiger partial charge in [-0.05, 0) is 35.9 Å². The van der Waals surface area contributed by atoms with Crippen LogP contribution in [0.3, 0.4) is 0 Å². The molecule has 0 aliphatic carbocycles. The second-order valence-corrected chi connectivity index (χ2v) is 4.58. The summed E-state index contributed by atoms with van der Waals surface area (Å²) in [6.45, 7) is 0. The van der Waals surface area contributed by atoms with E-state index >= 15 is 0 Å². The summed E-state index contributed by atoms with van der Waals surface area (Å²) < 4.78 is 12.7. The number of amides is 1. The highest BCUT2D eigenvalue weighted by Gasteiger charge is 2.01. The van der Waals surface area contributed by atoms with Crippen molar-refractivity contribution in [3.05, 3.63) is 78.3 Å². The molecule has 0 atom stereocenters. The van der Waals surface area contributed by atoms with Gasteiger partial charge in [0.2, 0.25) is 0 Å². The van der Waals surface area contributed by atoms with Gasteiger partial charge in [-0.3, -0.25) is 4.79 Å². The number of benzene rings is 2. The maximum absolute atomic E-state index is 12.7. The molecule has 0 fully saturated rings. The minimum Gasteiger partial charge on any atom is -0.384 e. The van der Waals surface area contributed by atoms with Gasteiger partial charge in [0, 0.05) is 11.9 Å². The van der Waals surface area contributed by atoms with Crippen LogP contribution in [0.4, 0.5) is 10.1 Å². The van der Waals surface area contributed by atoms with Gasteiger partial charge in [-0.2, -0.15) is 4.99 Å². The molecule has 0 saturated carbocycles. The number of halogens is 1. The maximum Gasteiger partial charge on any atom is 0.252 e. The molecule has 112 valence electrons. The van der Waals surface area contributed by atoms with E-state index in [0.29, 0.717) is 5.69 Å². The highest BCUT2D eigenvalue weighted by atomic mass is 19.1. The van der Waals surface area contributed by atoms with E-state index in [1.165, 1.54) is 18.2 Å². The highest BCUT2D eigenvalue weighted by Crippen LogP contribution is 2.07. The number of carbonyl (C=O) groups is 1. The van der Waals surface area contributed by atoms with Gasteiger partial charge >= 0.3 is 0 Å². The molecule has 0 radical (unpaired) electrons. The summed E-state index contributed by atoms with van der Waals surface area (Å²) in [5.74, 6) is -0.507. The SMILES string of the molecule is NC(/C=C\Nc1ccc(F)cc1)=NC(=O)Cc1ccccc1. The maximum atomic E-state index is 12.7. The Morgan fingerprint density at radius 2 is 1.82 bits per heavy atom. The molecule has 2 aromatic rings. The number of nitrogens with one attached hydrogen (secondary N) is 1. The summed E-state index contributed by atoms with van der Waals surface area (Å²) in [4.78, 5) is 15.5. The van der Waals surface area contributed by atoms with Crippen molar-refractivity contribution in [1.82, 2.24) is 0 Å². The van der Waals surface area contributed by atoms with Crippen LogP contribution < -0.4 is 11.1 Å². The lowest BCUT2D eigenvalue weighted by molar-refractivity contribution is -0.117. The van der Waals surface area contributed by atoms with E-state index in [9.17, 15) is 9.18 Å². The Labute approximate surface area is 128 Å². The fourth-order valence-electron chi connectivity index (χ4n) is 1.76. The molecule has 5 heteroatoms. The zero-order chi connectivity index (χ0) is 15.8. The number of rotatable bonds is 5. The van der Waals surface area contributed by atoms with Gasteiger partial charge < -0.3 is 11.1 Å². The fraction of sp³-hybridized carbons (Fsp3) is 0.0588. The third-order valence-electron chi connectivity index (χ3n) is 2.80. The van der Waals surface area contributed by atoms with E-state index in [1.807, 2.05) is 30.3 Å². The van der Waals surface area contributed by atoms with Crippen LogP contribution in [0.5, 0.6) is 0 Å². The van der Waals surface area contributed by atoms with Crippen molar-refractivity contribution in [1.29, 1.82) is 0 Å². The van der Waals surface area contributed by atoms with Crippen molar-refractivity contribution in [2.45, 2.75) is 6.42 Å². The predicted molar refractivity (Wildman–Crippen MR) is 85.9 cm³/mol. The highest BCUT2D eigenvalue weighted by molar-refractivity contribution is 6.00. The largest absolute Gasteiger partial charge is 0.384 e. The molecule has 0 heterocycles. The van der Waals surface area contributed by atoms with Crippen molar-refractivity contribution < 1.29 is 9.18 Å². The fourth-order valence-corrected chi connectivity index (χ4v) is 1.76. The Kier molecular flexibility index (Phi) is 5.43. The van der Waals surface area contributed by atoms with Gasteiger partial charge in [-0.25, -0.2) is 4.39 Å². The molecular formula is C17H16FN3O. The van der Waals surface area contributed by atoms with Crippen LogP contribution in [0.25, 0.3) is 0 Å². The number of hydrogen-bond acceptors (Lipinski definition) is 2. The molecule has 0 aliphatic rings. The van der Waals surface area contributed by atoms with Crippen molar-refractivity contribution in [3.8, 4) is 0 Å². The molecule has 4 nitrogen and oxygen atoms in total. The lowest BCUT2D eigenvalue weighted by atomic mass is 10.1. The molecular weight excluding hydrogens is 281 g/mol. The first-order valence-electron chi connectivity index (χ1n) is 6.73. The normalized spacial score (nSPS) is 11.6. The first-order chi connectivity index (χ1) is 10.6. The molecule has 0 aromatic heterocycles. The molecule has 0 aliphatic heterocycles. The van der Waals surface area contributed by atoms with Crippen LogP contribution in [-0.4, -0.2) is 11.7 Å². The Morgan fingerprint density at radius 3 is 2.50 bits per heavy atom. The quantitative estimate of drug-likeness (QED) is 0.658. The minimum absolute atomic E-state index is 0.107. The average Bonchev–Trinajstić information content (AvgIpc) is 2.50. The Hall–Kier alpha value is -2.95. The van der Waals surface area contributed by atoms with E-state index in [-0.39, 0.29) is 24.0 Å². The Morgan fingerprint density at radius 1 is 1.14 bits per heavy atom. The van der Waals surface area contributed by atoms with Gasteiger partial charge in [-0.1, -0.05) is 30.3 Å². The number of aliphatic imine (C=N–C) groups is 1. The van der Waals surface area contributed by atoms with Crippen LogP contribution in [0.1, 0.15) is 5.56 Å². The molecule has 3 N–H and O–H groups in total. The molecule has 0 spiro atoms. The lowest BCUT2D eigenvalue weighted by Crippen LogP contribution is -2.12. The van der Waals surface area contributed by atoms with Gasteiger partial charge in [0.25, 0.3) is 5.91 Å². The topological polar surface area (TPSA) is 67.5 Å². The number of hydrogen-bond donors (Lipinski definition) is 2. The van der Waals surface area contributed by atoms with Gasteiger partial charge in [-0.15, -0.1) is 0 Å². The molecule has 22 heavy (non-hydrogen) atoms. The van der Waals surface area contributed by atoms with Crippen molar-refractivity contribution in [2.75, 3.05) is 5.32 Å². The summed E-state index contributed by atoms with van der Waals surface area (Å²) in [7, 11) is 0. The summed E-state index contributed by atoms with van der Waals surface area (Å²) in [5, 5.41) is 2.91. The van der Waals surface area contributed by atoms with Gasteiger partial charge in [0.15, 0.2) is 0 Å². The minimum atomic E-state index is -0.310. The second kappa shape index (κ2) is 7.73. The van der Waals surface area contributed by atoms with Gasteiger partial charge in [0.1, 0.15) is 11.7 Å². The number of carbonyl (C=O) groups excluding carboxylic acids is 1. The summed E-state index contributed by atoms with van der Waals surface area (Å²) in [6, 6.07) is 15.2. The van der Waals surface area contributed by atoms with Crippen LogP contribution in [0.2, 0.25) is 0 Å². The number of nitrogens with zero attached hydrogens (tertiary/aromatic N) is 1. The van der Waals surface area contributed by atoms with Crippen molar-refractivity contribution in [3.63, 3.8) is 0 Å². The smallest absolute Gasteiger partial charge is 0.252 e. The summed E-state index contributed by atoms with van der Waals surface area (Å²) >= 11 is 0. The van der Waals surface area contributed by atoms with Gasteiger partial charge in [0.05, 0.1) is 6.42 Å². The van der Waals surface area contributed by atoms with E-state index in [0.717, 1.165) is 5.56 Å². The van der Waals surface area contributed by atoms with Crippen LogP contribution in [0, 0.1) is 5.82 Å². The molecule has 2 aromatic carbocycles. The molecule has 0 saturated heterocycles. The molecule has 0 bridgehead atoms. The van der Waals surface area contributed by atoms with Crippen LogP contribution in [-0.2, 0) is 11.2 Å². The van der Waals surface area contributed by atoms with E-state index in [1.54, 1.807) is 18.3 Å². The lowest BCUT2D eigenvalue weighted by Gasteiger charge is -2.00. The Balaban J connectivity index is 1.87. The Bertz CT molecular complexity index is 679. The monoisotopic (exact) mass is 297 g/mol. The number of nitrogens with two attached hydrogens (primary N) is 1. The third kappa shape index (κ3) is 5.20. The van der Waals surface area contributed by atoms with Crippen LogP contribution in [0.15, 0.2) is 71.9 Å². The standard InChI is InChI=1S/C17H16FN3O/c18-14-6-8-15(9-7-14)20-11-10-16(19)21-17(22)12-13-4-2-1-3-5-13/h1-11,20H,12H2,(H2,19,21,22)/b11-10-. The van der Waals surface area contributed by atoms with E-state index < -0.39 is 0 Å². The van der Waals surface area contributed by atoms with E-state index in [2.05, 4.69) is 10.3 Å². The number of anilines is 1. The summed E-state index contributed by atoms with van der Waals surface area (Å²) in [6.07, 6.45) is 3.23. The zero-order valence-corrected chi connectivity index (χ0v) is 11.9. The number of amidine groups is 1. The van der Waals surface area contributed by atoms with E-state index in [4.69, 9.17) is 5.73 Å². The summed E-state index contributed by atoms with van der Waals surface area (Å²) in [5.41, 5.74) is 7.25. The van der Waals surface area contributed by atoms with Crippen LogP contribution >= 0.6 is 0 Å². The zero-order valence-electron chi connectivity index (χ0n) is 11.9. The first kappa shape index (κ1) is 15.4. The van der Waals surface area contributed by atoms with Crippen molar-refractivity contribution in [2.24, 2.45) is 10.7 Å². The molecule has 0 unspecified atom stereocenters. The third-order valence-corrected chi connectivity index (χ3v) is 2.80. The average molecular weight is 297 g/mol. The predicted octanol–water partition coefficient (Wildman–Crippen LogP) is 2.88. The molecule has 1 amide bonds. The second-order valence-electron chi connectivity index (χ2n) is 4.58. The first-order valence-corrected chi connectivity index (χ1v) is 6.73.